The van der Waals surface area contributed by atoms with Gasteiger partial charge < -0.3 is 4.90 Å². The molecular formula is C20H23N3O3S2. The lowest BCUT2D eigenvalue weighted by Crippen LogP contribution is -2.43. The molecule has 1 aromatic carbocycles. The average molecular weight is 418 g/mol. The third-order valence-corrected chi connectivity index (χ3v) is 7.66. The zero-order chi connectivity index (χ0) is 19.6. The maximum absolute atomic E-state index is 13.3. The highest BCUT2D eigenvalue weighted by Gasteiger charge is 2.38. The highest BCUT2D eigenvalue weighted by molar-refractivity contribution is 7.93. The van der Waals surface area contributed by atoms with E-state index in [1.807, 2.05) is 4.90 Å². The van der Waals surface area contributed by atoms with Crippen LogP contribution in [0.5, 0.6) is 0 Å². The largest absolute Gasteiger partial charge is 0.312 e. The van der Waals surface area contributed by atoms with Crippen molar-refractivity contribution in [3.63, 3.8) is 0 Å². The van der Waals surface area contributed by atoms with Crippen LogP contribution >= 0.6 is 11.3 Å². The lowest BCUT2D eigenvalue weighted by molar-refractivity contribution is -0.128. The second kappa shape index (κ2) is 8.05. The lowest BCUT2D eigenvalue weighted by atomic mass is 10.0. The maximum Gasteiger partial charge on any atom is 0.266 e. The Kier molecular flexibility index (Phi) is 5.50. The number of allylic oxidation sites excluding steroid dienone is 2. The van der Waals surface area contributed by atoms with Crippen LogP contribution in [0.2, 0.25) is 0 Å². The first-order chi connectivity index (χ1) is 13.6. The molecule has 0 N–H and O–H groups in total. The number of carbonyl (C=O) groups excluding carboxylic acids is 1. The van der Waals surface area contributed by atoms with Crippen LogP contribution in [0.15, 0.2) is 58.6 Å². The molecule has 28 heavy (non-hydrogen) atoms. The number of nitrogens with zero attached hydrogens (tertiary/aromatic N) is 3. The Morgan fingerprint density at radius 1 is 1.18 bits per heavy atom. The molecule has 0 bridgehead atoms. The van der Waals surface area contributed by atoms with E-state index in [1.165, 1.54) is 11.3 Å². The smallest absolute Gasteiger partial charge is 0.266 e. The second-order valence-electron chi connectivity index (χ2n) is 7.08. The Hall–Kier alpha value is -2.19. The minimum absolute atomic E-state index is 0.160. The van der Waals surface area contributed by atoms with E-state index in [4.69, 9.17) is 0 Å². The molecular weight excluding hydrogens is 394 g/mol. The zero-order valence-electron chi connectivity index (χ0n) is 15.5. The van der Waals surface area contributed by atoms with Gasteiger partial charge in [0.25, 0.3) is 10.0 Å². The number of hydrogen-bond acceptors (Lipinski definition) is 5. The van der Waals surface area contributed by atoms with Gasteiger partial charge >= 0.3 is 0 Å². The molecule has 1 saturated carbocycles. The van der Waals surface area contributed by atoms with Gasteiger partial charge in [0.1, 0.15) is 6.54 Å². The summed E-state index contributed by atoms with van der Waals surface area (Å²) in [5, 5.41) is 2.03. The van der Waals surface area contributed by atoms with Crippen LogP contribution in [-0.4, -0.2) is 36.8 Å². The van der Waals surface area contributed by atoms with Gasteiger partial charge in [-0.1, -0.05) is 24.3 Å². The Morgan fingerprint density at radius 3 is 2.57 bits per heavy atom. The third kappa shape index (κ3) is 3.98. The Morgan fingerprint density at radius 2 is 1.96 bits per heavy atom. The molecule has 6 nitrogen and oxygen atoms in total. The third-order valence-electron chi connectivity index (χ3n) is 5.00. The molecule has 8 heteroatoms. The summed E-state index contributed by atoms with van der Waals surface area (Å²) in [6, 6.07) is 8.42. The van der Waals surface area contributed by atoms with Gasteiger partial charge in [-0.3, -0.25) is 4.79 Å². The van der Waals surface area contributed by atoms with Crippen molar-refractivity contribution < 1.29 is 13.2 Å². The predicted octanol–water partition coefficient (Wildman–Crippen LogP) is 3.79. The molecule has 1 fully saturated rings. The van der Waals surface area contributed by atoms with E-state index < -0.39 is 10.0 Å². The maximum atomic E-state index is 13.3. The van der Waals surface area contributed by atoms with Crippen molar-refractivity contribution in [2.24, 2.45) is 0 Å². The van der Waals surface area contributed by atoms with Crippen molar-refractivity contribution in [1.82, 2.24) is 9.88 Å². The van der Waals surface area contributed by atoms with Gasteiger partial charge in [0.15, 0.2) is 5.13 Å². The molecule has 0 atom stereocenters. The summed E-state index contributed by atoms with van der Waals surface area (Å²) >= 11 is 1.22. The van der Waals surface area contributed by atoms with Crippen molar-refractivity contribution in [3.8, 4) is 0 Å². The van der Waals surface area contributed by atoms with E-state index in [0.717, 1.165) is 48.5 Å². The number of aromatic nitrogens is 1. The molecule has 1 aromatic heterocycles. The van der Waals surface area contributed by atoms with Crippen LogP contribution in [0.25, 0.3) is 0 Å². The van der Waals surface area contributed by atoms with E-state index in [1.54, 1.807) is 41.9 Å². The molecule has 2 aliphatic carbocycles. The van der Waals surface area contributed by atoms with Gasteiger partial charge in [-0.05, 0) is 50.7 Å². The standard InChI is InChI=1S/C20H23N3O3S2/c24-19(23(17-11-12-17)16-7-3-1-4-8-16)15-22(20-21-13-14-27-20)28(25,26)18-9-5-2-6-10-18/h2,5-7,9-10,13-14,17H,1,3-4,8,11-12,15H2. The van der Waals surface area contributed by atoms with Crippen molar-refractivity contribution in [2.75, 3.05) is 10.8 Å². The first-order valence-corrected chi connectivity index (χ1v) is 11.9. The fourth-order valence-electron chi connectivity index (χ4n) is 3.48. The van der Waals surface area contributed by atoms with Crippen molar-refractivity contribution >= 4 is 32.4 Å². The fraction of sp³-hybridized carbons (Fsp3) is 0.400. The summed E-state index contributed by atoms with van der Waals surface area (Å²) in [5.74, 6) is -0.176. The molecule has 148 valence electrons. The first kappa shape index (κ1) is 19.1. The average Bonchev–Trinajstić information content (AvgIpc) is 3.40. The number of thiazole rings is 1. The molecule has 2 aromatic rings. The number of hydrogen-bond donors (Lipinski definition) is 0. The van der Waals surface area contributed by atoms with Crippen molar-refractivity contribution in [3.05, 3.63) is 53.7 Å². The van der Waals surface area contributed by atoms with E-state index in [-0.39, 0.29) is 23.4 Å². The molecule has 0 saturated heterocycles. The monoisotopic (exact) mass is 417 g/mol. The Labute approximate surface area is 169 Å². The van der Waals surface area contributed by atoms with Gasteiger partial charge in [-0.2, -0.15) is 0 Å². The van der Waals surface area contributed by atoms with Gasteiger partial charge in [0, 0.05) is 23.3 Å². The van der Waals surface area contributed by atoms with Crippen LogP contribution in [0.1, 0.15) is 38.5 Å². The van der Waals surface area contributed by atoms with E-state index in [9.17, 15) is 13.2 Å². The summed E-state index contributed by atoms with van der Waals surface area (Å²) in [7, 11) is -3.87. The summed E-state index contributed by atoms with van der Waals surface area (Å²) < 4.78 is 27.7. The summed E-state index contributed by atoms with van der Waals surface area (Å²) in [4.78, 5) is 19.4. The van der Waals surface area contributed by atoms with Crippen LogP contribution in [0.3, 0.4) is 0 Å². The van der Waals surface area contributed by atoms with Crippen molar-refractivity contribution in [1.29, 1.82) is 0 Å². The predicted molar refractivity (Wildman–Crippen MR) is 110 cm³/mol. The van der Waals surface area contributed by atoms with E-state index in [0.29, 0.717) is 5.13 Å². The summed E-state index contributed by atoms with van der Waals surface area (Å²) in [5.41, 5.74) is 1.05. The minimum Gasteiger partial charge on any atom is -0.312 e. The minimum atomic E-state index is -3.87. The van der Waals surface area contributed by atoms with Crippen LogP contribution in [-0.2, 0) is 14.8 Å². The Bertz CT molecular complexity index is 952. The highest BCUT2D eigenvalue weighted by Crippen LogP contribution is 2.34. The van der Waals surface area contributed by atoms with Gasteiger partial charge in [0.05, 0.1) is 4.90 Å². The zero-order valence-corrected chi connectivity index (χ0v) is 17.2. The molecule has 0 spiro atoms. The number of amides is 1. The molecule has 0 unspecified atom stereocenters. The molecule has 1 heterocycles. The first-order valence-electron chi connectivity index (χ1n) is 9.56. The summed E-state index contributed by atoms with van der Waals surface area (Å²) in [6.07, 6.45) is 9.72. The van der Waals surface area contributed by atoms with Gasteiger partial charge in [-0.15, -0.1) is 11.3 Å². The molecule has 4 rings (SSSR count). The fourth-order valence-corrected chi connectivity index (χ4v) is 5.74. The van der Waals surface area contributed by atoms with Crippen LogP contribution in [0.4, 0.5) is 5.13 Å². The Balaban J connectivity index is 1.64. The lowest BCUT2D eigenvalue weighted by Gasteiger charge is -2.30. The van der Waals surface area contributed by atoms with Crippen molar-refractivity contribution in [2.45, 2.75) is 49.5 Å². The molecule has 1 amide bonds. The number of benzene rings is 1. The number of anilines is 1. The summed E-state index contributed by atoms with van der Waals surface area (Å²) in [6.45, 7) is -0.238. The SMILES string of the molecule is O=C(CN(c1nccs1)S(=O)(=O)c1ccccc1)N(C1=CCCCC1)C1CC1. The normalized spacial score (nSPS) is 17.1. The molecule has 2 aliphatic rings. The highest BCUT2D eigenvalue weighted by atomic mass is 32.2. The van der Waals surface area contributed by atoms with E-state index in [2.05, 4.69) is 11.1 Å². The van der Waals surface area contributed by atoms with Crippen LogP contribution < -0.4 is 4.31 Å². The van der Waals surface area contributed by atoms with Gasteiger partial charge in [0.2, 0.25) is 5.91 Å². The number of sulfonamides is 1. The van der Waals surface area contributed by atoms with Gasteiger partial charge in [-0.25, -0.2) is 17.7 Å². The number of carbonyl (C=O) groups is 1. The topological polar surface area (TPSA) is 70.6 Å². The molecule has 0 aliphatic heterocycles. The van der Waals surface area contributed by atoms with Crippen LogP contribution in [0, 0.1) is 0 Å². The number of rotatable bonds is 7. The van der Waals surface area contributed by atoms with E-state index >= 15 is 0 Å². The molecule has 0 radical (unpaired) electrons. The quantitative estimate of drug-likeness (QED) is 0.687. The second-order valence-corrected chi connectivity index (χ2v) is 9.81.